The first kappa shape index (κ1) is 17.7. The van der Waals surface area contributed by atoms with Gasteiger partial charge in [-0.1, -0.05) is 29.8 Å². The van der Waals surface area contributed by atoms with Crippen molar-refractivity contribution in [2.75, 3.05) is 17.7 Å². The molecular weight excluding hydrogens is 324 g/mol. The molecule has 134 valence electrons. The van der Waals surface area contributed by atoms with E-state index in [-0.39, 0.29) is 0 Å². The zero-order valence-corrected chi connectivity index (χ0v) is 15.8. The number of aromatic nitrogens is 2. The maximum absolute atomic E-state index is 5.38. The summed E-state index contributed by atoms with van der Waals surface area (Å²) in [7, 11) is 1.65. The van der Waals surface area contributed by atoms with Gasteiger partial charge in [-0.2, -0.15) is 4.98 Å². The zero-order valence-electron chi connectivity index (χ0n) is 15.8. The Kier molecular flexibility index (Phi) is 5.07. The van der Waals surface area contributed by atoms with E-state index in [9.17, 15) is 0 Å². The van der Waals surface area contributed by atoms with Gasteiger partial charge in [0.2, 0.25) is 5.95 Å². The Morgan fingerprint density at radius 3 is 2.23 bits per heavy atom. The summed E-state index contributed by atoms with van der Waals surface area (Å²) in [5.41, 5.74) is 6.42. The van der Waals surface area contributed by atoms with Crippen LogP contribution in [-0.4, -0.2) is 17.1 Å². The third-order valence-corrected chi connectivity index (χ3v) is 4.14. The normalized spacial score (nSPS) is 10.5. The fourth-order valence-electron chi connectivity index (χ4n) is 3.06. The zero-order chi connectivity index (χ0) is 18.7. The molecule has 0 saturated heterocycles. The van der Waals surface area contributed by atoms with Gasteiger partial charge in [0.1, 0.15) is 11.6 Å². The summed E-state index contributed by atoms with van der Waals surface area (Å²) >= 11 is 0. The fraction of sp³-hybridized carbons (Fsp3) is 0.238. The largest absolute Gasteiger partial charge is 0.495 e. The minimum atomic E-state index is 0.527. The van der Waals surface area contributed by atoms with Gasteiger partial charge >= 0.3 is 0 Å². The number of rotatable bonds is 5. The molecule has 0 unspecified atom stereocenters. The van der Waals surface area contributed by atoms with Gasteiger partial charge in [0.15, 0.2) is 0 Å². The van der Waals surface area contributed by atoms with Gasteiger partial charge in [-0.05, 0) is 51.0 Å². The molecule has 0 bridgehead atoms. The predicted octanol–water partition coefficient (Wildman–Crippen LogP) is 5.21. The molecule has 26 heavy (non-hydrogen) atoms. The molecule has 3 rings (SSSR count). The quantitative estimate of drug-likeness (QED) is 0.663. The van der Waals surface area contributed by atoms with Crippen molar-refractivity contribution in [3.05, 3.63) is 64.8 Å². The van der Waals surface area contributed by atoms with Gasteiger partial charge in [0, 0.05) is 17.4 Å². The topological polar surface area (TPSA) is 59.1 Å². The summed E-state index contributed by atoms with van der Waals surface area (Å²) in [5, 5.41) is 6.68. The summed E-state index contributed by atoms with van der Waals surface area (Å²) in [6.07, 6.45) is 0. The van der Waals surface area contributed by atoms with Gasteiger partial charge in [0.05, 0.1) is 12.8 Å². The van der Waals surface area contributed by atoms with Crippen molar-refractivity contribution in [1.82, 2.24) is 9.97 Å². The number of nitrogens with one attached hydrogen (secondary N) is 2. The summed E-state index contributed by atoms with van der Waals surface area (Å²) in [4.78, 5) is 9.10. The summed E-state index contributed by atoms with van der Waals surface area (Å²) in [6, 6.07) is 14.0. The Balaban J connectivity index is 1.91. The van der Waals surface area contributed by atoms with E-state index in [2.05, 4.69) is 53.5 Å². The van der Waals surface area contributed by atoms with Crippen molar-refractivity contribution < 1.29 is 4.74 Å². The van der Waals surface area contributed by atoms with E-state index in [0.717, 1.165) is 28.6 Å². The van der Waals surface area contributed by atoms with Crippen molar-refractivity contribution in [1.29, 1.82) is 0 Å². The van der Waals surface area contributed by atoms with Crippen LogP contribution in [0.5, 0.6) is 5.75 Å². The van der Waals surface area contributed by atoms with Gasteiger partial charge in [0.25, 0.3) is 0 Å². The molecule has 0 spiro atoms. The van der Waals surface area contributed by atoms with E-state index in [1.807, 2.05) is 37.3 Å². The van der Waals surface area contributed by atoms with Gasteiger partial charge in [-0.15, -0.1) is 0 Å². The number of hydrogen-bond acceptors (Lipinski definition) is 5. The second-order valence-corrected chi connectivity index (χ2v) is 6.44. The smallest absolute Gasteiger partial charge is 0.229 e. The third kappa shape index (κ3) is 3.94. The maximum Gasteiger partial charge on any atom is 0.229 e. The maximum atomic E-state index is 5.38. The molecule has 2 aromatic carbocycles. The summed E-state index contributed by atoms with van der Waals surface area (Å²) in [6.45, 7) is 8.26. The minimum Gasteiger partial charge on any atom is -0.495 e. The molecule has 5 heteroatoms. The molecule has 2 N–H and O–H groups in total. The lowest BCUT2D eigenvalue weighted by atomic mass is 10.1. The SMILES string of the molecule is COc1ccccc1Nc1nc(C)cc(Nc2c(C)cc(C)cc2C)n1. The van der Waals surface area contributed by atoms with Crippen LogP contribution < -0.4 is 15.4 Å². The van der Waals surface area contributed by atoms with E-state index < -0.39 is 0 Å². The lowest BCUT2D eigenvalue weighted by Crippen LogP contribution is -2.04. The van der Waals surface area contributed by atoms with Gasteiger partial charge < -0.3 is 15.4 Å². The van der Waals surface area contributed by atoms with Crippen molar-refractivity contribution in [3.63, 3.8) is 0 Å². The van der Waals surface area contributed by atoms with Crippen molar-refractivity contribution in [3.8, 4) is 5.75 Å². The second-order valence-electron chi connectivity index (χ2n) is 6.44. The van der Waals surface area contributed by atoms with Crippen molar-refractivity contribution in [2.45, 2.75) is 27.7 Å². The van der Waals surface area contributed by atoms with Crippen LogP contribution in [0.2, 0.25) is 0 Å². The van der Waals surface area contributed by atoms with Crippen LogP contribution in [0.4, 0.5) is 23.1 Å². The molecule has 0 aliphatic carbocycles. The van der Waals surface area contributed by atoms with Gasteiger partial charge in [-0.3, -0.25) is 0 Å². The Hall–Kier alpha value is -3.08. The van der Waals surface area contributed by atoms with Crippen LogP contribution in [0.1, 0.15) is 22.4 Å². The molecule has 0 fully saturated rings. The number of para-hydroxylation sites is 2. The number of ether oxygens (including phenoxy) is 1. The number of anilines is 4. The molecule has 3 aromatic rings. The second kappa shape index (κ2) is 7.44. The number of hydrogen-bond donors (Lipinski definition) is 2. The molecule has 1 heterocycles. The first-order chi connectivity index (χ1) is 12.5. The van der Waals surface area contributed by atoms with Crippen LogP contribution in [0.15, 0.2) is 42.5 Å². The highest BCUT2D eigenvalue weighted by Crippen LogP contribution is 2.28. The molecule has 0 amide bonds. The number of benzene rings is 2. The summed E-state index contributed by atoms with van der Waals surface area (Å²) < 4.78 is 5.38. The predicted molar refractivity (Wildman–Crippen MR) is 107 cm³/mol. The van der Waals surface area contributed by atoms with E-state index in [1.54, 1.807) is 7.11 Å². The number of nitrogens with zero attached hydrogens (tertiary/aromatic N) is 2. The highest BCUT2D eigenvalue weighted by Gasteiger charge is 2.09. The van der Waals surface area contributed by atoms with E-state index in [1.165, 1.54) is 16.7 Å². The Morgan fingerprint density at radius 1 is 0.846 bits per heavy atom. The summed E-state index contributed by atoms with van der Waals surface area (Å²) in [5.74, 6) is 2.03. The lowest BCUT2D eigenvalue weighted by Gasteiger charge is -2.15. The first-order valence-electron chi connectivity index (χ1n) is 8.57. The van der Waals surface area contributed by atoms with E-state index in [4.69, 9.17) is 4.74 Å². The van der Waals surface area contributed by atoms with E-state index in [0.29, 0.717) is 5.95 Å². The minimum absolute atomic E-state index is 0.527. The van der Waals surface area contributed by atoms with Crippen molar-refractivity contribution in [2.24, 2.45) is 0 Å². The Bertz CT molecular complexity index is 914. The molecular formula is C21H24N4O. The number of methoxy groups -OCH3 is 1. The average molecular weight is 348 g/mol. The molecule has 0 radical (unpaired) electrons. The fourth-order valence-corrected chi connectivity index (χ4v) is 3.06. The molecule has 0 atom stereocenters. The molecule has 0 aliphatic heterocycles. The highest BCUT2D eigenvalue weighted by molar-refractivity contribution is 5.67. The molecule has 5 nitrogen and oxygen atoms in total. The number of aryl methyl sites for hydroxylation is 4. The Morgan fingerprint density at radius 2 is 1.54 bits per heavy atom. The van der Waals surface area contributed by atoms with Crippen LogP contribution in [-0.2, 0) is 0 Å². The first-order valence-corrected chi connectivity index (χ1v) is 8.57. The van der Waals surface area contributed by atoms with Crippen molar-refractivity contribution >= 4 is 23.1 Å². The van der Waals surface area contributed by atoms with Crippen LogP contribution >= 0.6 is 0 Å². The molecule has 0 saturated carbocycles. The van der Waals surface area contributed by atoms with Crippen LogP contribution in [0.3, 0.4) is 0 Å². The Labute approximate surface area is 154 Å². The monoisotopic (exact) mass is 348 g/mol. The lowest BCUT2D eigenvalue weighted by molar-refractivity contribution is 0.417. The third-order valence-electron chi connectivity index (χ3n) is 4.14. The van der Waals surface area contributed by atoms with E-state index >= 15 is 0 Å². The molecule has 0 aliphatic rings. The van der Waals surface area contributed by atoms with Crippen LogP contribution in [0.25, 0.3) is 0 Å². The van der Waals surface area contributed by atoms with Gasteiger partial charge in [-0.25, -0.2) is 4.98 Å². The highest BCUT2D eigenvalue weighted by atomic mass is 16.5. The van der Waals surface area contributed by atoms with Crippen LogP contribution in [0, 0.1) is 27.7 Å². The average Bonchev–Trinajstić information content (AvgIpc) is 2.58. The molecule has 1 aromatic heterocycles. The standard InChI is InChI=1S/C21H24N4O/c1-13-10-14(2)20(15(3)11-13)24-19-12-16(4)22-21(25-19)23-17-8-6-7-9-18(17)26-5/h6-12H,1-5H3,(H2,22,23,24,25).